The Labute approximate surface area is 178 Å². The molecule has 134 valence electrons. The van der Waals surface area contributed by atoms with Crippen molar-refractivity contribution in [2.75, 3.05) is 4.90 Å². The molecule has 0 aliphatic heterocycles. The molecule has 0 spiro atoms. The van der Waals surface area contributed by atoms with Crippen LogP contribution in [0.25, 0.3) is 0 Å². The van der Waals surface area contributed by atoms with E-state index in [-0.39, 0.29) is 0 Å². The molecular weight excluding hydrogens is 461 g/mol. The summed E-state index contributed by atoms with van der Waals surface area (Å²) in [6.07, 6.45) is 9.88. The number of halogens is 1. The van der Waals surface area contributed by atoms with E-state index in [2.05, 4.69) is 131 Å². The first-order chi connectivity index (χ1) is 13.3. The molecule has 1 nitrogen and oxygen atoms in total. The zero-order valence-corrected chi connectivity index (χ0v) is 17.8. The number of benzene rings is 3. The van der Waals surface area contributed by atoms with Crippen molar-refractivity contribution in [1.29, 1.82) is 0 Å². The van der Waals surface area contributed by atoms with Gasteiger partial charge >= 0.3 is 0 Å². The van der Waals surface area contributed by atoms with Crippen molar-refractivity contribution in [3.05, 3.63) is 107 Å². The first kappa shape index (κ1) is 18.4. The lowest BCUT2D eigenvalue weighted by Gasteiger charge is -2.25. The molecule has 1 aliphatic rings. The number of hydrogen-bond donors (Lipinski definition) is 0. The normalized spacial score (nSPS) is 15.7. The molecule has 1 unspecified atom stereocenters. The van der Waals surface area contributed by atoms with Crippen LogP contribution in [0.3, 0.4) is 0 Å². The molecule has 27 heavy (non-hydrogen) atoms. The van der Waals surface area contributed by atoms with Gasteiger partial charge in [0.1, 0.15) is 0 Å². The Morgan fingerprint density at radius 1 is 0.741 bits per heavy atom. The number of rotatable bonds is 5. The van der Waals surface area contributed by atoms with Crippen molar-refractivity contribution in [3.8, 4) is 0 Å². The van der Waals surface area contributed by atoms with Gasteiger partial charge in [-0.2, -0.15) is 0 Å². The molecule has 1 atom stereocenters. The van der Waals surface area contributed by atoms with Gasteiger partial charge < -0.3 is 4.90 Å². The molecule has 0 N–H and O–H groups in total. The summed E-state index contributed by atoms with van der Waals surface area (Å²) in [6.45, 7) is 0. The molecular formula is C24H20INS. The predicted octanol–water partition coefficient (Wildman–Crippen LogP) is 7.74. The van der Waals surface area contributed by atoms with Crippen LogP contribution in [0.15, 0.2) is 108 Å². The highest BCUT2D eigenvalue weighted by molar-refractivity contribution is 14.1. The zero-order valence-electron chi connectivity index (χ0n) is 14.8. The number of anilines is 3. The first-order valence-corrected chi connectivity index (χ1v) is 11.0. The molecule has 3 aromatic carbocycles. The van der Waals surface area contributed by atoms with Crippen LogP contribution in [0, 0.1) is 3.57 Å². The minimum absolute atomic E-state index is 0.530. The maximum atomic E-state index is 2.35. The summed E-state index contributed by atoms with van der Waals surface area (Å²) >= 11 is 4.27. The Morgan fingerprint density at radius 3 is 2.00 bits per heavy atom. The van der Waals surface area contributed by atoms with Crippen LogP contribution in [0.1, 0.15) is 6.42 Å². The predicted molar refractivity (Wildman–Crippen MR) is 126 cm³/mol. The van der Waals surface area contributed by atoms with Gasteiger partial charge in [-0.05, 0) is 89.7 Å². The minimum atomic E-state index is 0.530. The highest BCUT2D eigenvalue weighted by Crippen LogP contribution is 2.36. The first-order valence-electron chi connectivity index (χ1n) is 9.00. The van der Waals surface area contributed by atoms with Crippen LogP contribution < -0.4 is 4.90 Å². The average Bonchev–Trinajstić information content (AvgIpc) is 2.73. The molecule has 0 saturated heterocycles. The summed E-state index contributed by atoms with van der Waals surface area (Å²) in [5.74, 6) is 0. The summed E-state index contributed by atoms with van der Waals surface area (Å²) < 4.78 is 1.24. The number of hydrogen-bond acceptors (Lipinski definition) is 2. The molecule has 0 heterocycles. The van der Waals surface area contributed by atoms with Crippen LogP contribution in [-0.4, -0.2) is 5.25 Å². The van der Waals surface area contributed by atoms with E-state index in [1.807, 2.05) is 11.8 Å². The van der Waals surface area contributed by atoms with Gasteiger partial charge in [-0.1, -0.05) is 42.5 Å². The minimum Gasteiger partial charge on any atom is -0.311 e. The molecule has 0 fully saturated rings. The fraction of sp³-hybridized carbons (Fsp3) is 0.0833. The monoisotopic (exact) mass is 481 g/mol. The van der Waals surface area contributed by atoms with Gasteiger partial charge in [0, 0.05) is 30.8 Å². The molecule has 3 aromatic rings. The third-order valence-corrected chi connectivity index (χ3v) is 6.34. The van der Waals surface area contributed by atoms with Gasteiger partial charge in [0.25, 0.3) is 0 Å². The Balaban J connectivity index is 1.63. The van der Waals surface area contributed by atoms with Gasteiger partial charge in [-0.25, -0.2) is 0 Å². The smallest absolute Gasteiger partial charge is 0.0462 e. The molecule has 0 saturated carbocycles. The fourth-order valence-electron chi connectivity index (χ4n) is 3.11. The highest BCUT2D eigenvalue weighted by Gasteiger charge is 2.13. The fourth-order valence-corrected chi connectivity index (χ4v) is 4.49. The van der Waals surface area contributed by atoms with Crippen LogP contribution in [0.2, 0.25) is 0 Å². The highest BCUT2D eigenvalue weighted by atomic mass is 127. The molecule has 3 heteroatoms. The molecule has 1 aliphatic carbocycles. The van der Waals surface area contributed by atoms with E-state index in [9.17, 15) is 0 Å². The second-order valence-electron chi connectivity index (χ2n) is 6.35. The molecule has 0 amide bonds. The van der Waals surface area contributed by atoms with E-state index in [0.29, 0.717) is 5.25 Å². The van der Waals surface area contributed by atoms with Gasteiger partial charge in [-0.15, -0.1) is 11.8 Å². The Bertz CT molecular complexity index is 930. The number of para-hydroxylation sites is 1. The van der Waals surface area contributed by atoms with Gasteiger partial charge in [0.15, 0.2) is 0 Å². The lowest BCUT2D eigenvalue weighted by molar-refractivity contribution is 1.05. The third-order valence-electron chi connectivity index (χ3n) is 4.42. The Kier molecular flexibility index (Phi) is 6.00. The average molecular weight is 481 g/mol. The Hall–Kier alpha value is -1.98. The Morgan fingerprint density at radius 2 is 1.37 bits per heavy atom. The van der Waals surface area contributed by atoms with Gasteiger partial charge in [0.2, 0.25) is 0 Å². The van der Waals surface area contributed by atoms with E-state index in [0.717, 1.165) is 6.42 Å². The van der Waals surface area contributed by atoms with Crippen molar-refractivity contribution in [2.24, 2.45) is 0 Å². The largest absolute Gasteiger partial charge is 0.311 e. The second kappa shape index (κ2) is 8.81. The number of thioether (sulfide) groups is 1. The van der Waals surface area contributed by atoms with E-state index in [1.165, 1.54) is 25.5 Å². The van der Waals surface area contributed by atoms with E-state index >= 15 is 0 Å². The van der Waals surface area contributed by atoms with E-state index in [4.69, 9.17) is 0 Å². The van der Waals surface area contributed by atoms with Crippen molar-refractivity contribution in [1.82, 2.24) is 0 Å². The molecule has 0 bridgehead atoms. The van der Waals surface area contributed by atoms with Crippen LogP contribution in [0.5, 0.6) is 0 Å². The number of allylic oxidation sites excluding steroid dienone is 3. The standard InChI is InChI=1S/C24H20INS/c25-19-11-13-21(14-12-19)26(20-7-3-1-4-8-20)22-15-17-24(18-16-22)27-23-9-5-2-6-10-23/h1-9,11-18,23H,10H2. The van der Waals surface area contributed by atoms with E-state index < -0.39 is 0 Å². The second-order valence-corrected chi connectivity index (χ2v) is 8.90. The molecule has 4 rings (SSSR count). The van der Waals surface area contributed by atoms with Crippen LogP contribution >= 0.6 is 34.4 Å². The summed E-state index contributed by atoms with van der Waals surface area (Å²) in [7, 11) is 0. The zero-order chi connectivity index (χ0) is 18.5. The number of nitrogens with zero attached hydrogens (tertiary/aromatic N) is 1. The van der Waals surface area contributed by atoms with Crippen molar-refractivity contribution >= 4 is 51.4 Å². The summed E-state index contributed by atoms with van der Waals surface area (Å²) in [6, 6.07) is 28.1. The summed E-state index contributed by atoms with van der Waals surface area (Å²) in [5.41, 5.74) is 3.51. The van der Waals surface area contributed by atoms with Gasteiger partial charge in [-0.3, -0.25) is 0 Å². The maximum Gasteiger partial charge on any atom is 0.0462 e. The maximum absolute atomic E-state index is 2.35. The lowest BCUT2D eigenvalue weighted by Crippen LogP contribution is -2.09. The van der Waals surface area contributed by atoms with Gasteiger partial charge in [0.05, 0.1) is 0 Å². The van der Waals surface area contributed by atoms with Crippen LogP contribution in [-0.2, 0) is 0 Å². The SMILES string of the molecule is Ic1ccc(N(c2ccccc2)c2ccc(SC3C=CC=CC3)cc2)cc1. The van der Waals surface area contributed by atoms with Crippen molar-refractivity contribution in [3.63, 3.8) is 0 Å². The lowest BCUT2D eigenvalue weighted by atomic mass is 10.2. The van der Waals surface area contributed by atoms with Crippen molar-refractivity contribution < 1.29 is 0 Å². The van der Waals surface area contributed by atoms with Crippen molar-refractivity contribution in [2.45, 2.75) is 16.6 Å². The third kappa shape index (κ3) is 4.66. The summed E-state index contributed by atoms with van der Waals surface area (Å²) in [5, 5.41) is 0.530. The van der Waals surface area contributed by atoms with Crippen LogP contribution in [0.4, 0.5) is 17.1 Å². The van der Waals surface area contributed by atoms with E-state index in [1.54, 1.807) is 0 Å². The quantitative estimate of drug-likeness (QED) is 0.343. The molecule has 0 radical (unpaired) electrons. The molecule has 0 aromatic heterocycles. The topological polar surface area (TPSA) is 3.24 Å². The summed E-state index contributed by atoms with van der Waals surface area (Å²) in [4.78, 5) is 3.60.